The number of nitrogens with zero attached hydrogens (tertiary/aromatic N) is 2. The van der Waals surface area contributed by atoms with E-state index in [0.717, 1.165) is 0 Å². The lowest BCUT2D eigenvalue weighted by Crippen LogP contribution is -2.52. The first kappa shape index (κ1) is 37.6. The van der Waals surface area contributed by atoms with E-state index in [4.69, 9.17) is 14.2 Å². The highest BCUT2D eigenvalue weighted by molar-refractivity contribution is 6.37. The van der Waals surface area contributed by atoms with E-state index in [1.165, 1.54) is 46.2 Å². The first-order chi connectivity index (χ1) is 24.9. The van der Waals surface area contributed by atoms with Crippen LogP contribution in [-0.4, -0.2) is 93.1 Å². The van der Waals surface area contributed by atoms with Crippen molar-refractivity contribution in [1.82, 2.24) is 9.80 Å². The Morgan fingerprint density at radius 1 is 0.547 bits per heavy atom. The van der Waals surface area contributed by atoms with Crippen molar-refractivity contribution in [2.75, 3.05) is 13.1 Å². The number of hydrogen-bond acceptors (Lipinski definition) is 11. The first-order valence-electron chi connectivity index (χ1n) is 18.1. The number of amides is 2. The summed E-state index contributed by atoms with van der Waals surface area (Å²) >= 11 is 0. The van der Waals surface area contributed by atoms with Crippen molar-refractivity contribution >= 4 is 46.9 Å². The Bertz CT molecular complexity index is 1800. The van der Waals surface area contributed by atoms with Crippen LogP contribution in [0, 0.1) is 11.8 Å². The summed E-state index contributed by atoms with van der Waals surface area (Å²) in [6.45, 7) is 10.8. The minimum absolute atomic E-state index is 0.00873. The summed E-state index contributed by atoms with van der Waals surface area (Å²) in [6.07, 6.45) is 1.84. The normalized spacial score (nSPS) is 23.1. The van der Waals surface area contributed by atoms with Gasteiger partial charge in [-0.15, -0.1) is 0 Å². The molecule has 13 heteroatoms. The zero-order chi connectivity index (χ0) is 38.6. The summed E-state index contributed by atoms with van der Waals surface area (Å²) in [5, 5.41) is 0. The molecule has 53 heavy (non-hydrogen) atoms. The predicted molar refractivity (Wildman–Crippen MR) is 188 cm³/mol. The largest absolute Gasteiger partial charge is 0.457 e. The monoisotopic (exact) mass is 728 g/mol. The molecule has 0 spiro atoms. The average Bonchev–Trinajstić information content (AvgIpc) is 3.49. The van der Waals surface area contributed by atoms with Crippen molar-refractivity contribution in [2.24, 2.45) is 11.8 Å². The molecule has 4 aliphatic rings. The second-order valence-electron chi connectivity index (χ2n) is 16.0. The Morgan fingerprint density at radius 2 is 0.906 bits per heavy atom. The second kappa shape index (κ2) is 14.0. The van der Waals surface area contributed by atoms with Crippen molar-refractivity contribution in [3.8, 4) is 11.5 Å². The van der Waals surface area contributed by atoms with Gasteiger partial charge < -0.3 is 14.2 Å². The maximum absolute atomic E-state index is 13.8. The molecule has 0 N–H and O–H groups in total. The highest BCUT2D eigenvalue weighted by Crippen LogP contribution is 2.37. The maximum atomic E-state index is 13.8. The quantitative estimate of drug-likeness (QED) is 0.311. The van der Waals surface area contributed by atoms with Crippen LogP contribution in [0.25, 0.3) is 0 Å². The summed E-state index contributed by atoms with van der Waals surface area (Å²) in [4.78, 5) is 110. The van der Waals surface area contributed by atoms with Crippen LogP contribution >= 0.6 is 0 Å². The number of ether oxygens (including phenoxy) is 3. The van der Waals surface area contributed by atoms with Crippen molar-refractivity contribution in [3.63, 3.8) is 0 Å². The Hall–Kier alpha value is -5.20. The van der Waals surface area contributed by atoms with Gasteiger partial charge in [-0.1, -0.05) is 0 Å². The van der Waals surface area contributed by atoms with Crippen LogP contribution in [0.4, 0.5) is 9.59 Å². The summed E-state index contributed by atoms with van der Waals surface area (Å²) in [5.41, 5.74) is -1.50. The van der Waals surface area contributed by atoms with Gasteiger partial charge in [0.2, 0.25) is 0 Å². The third-order valence-corrected chi connectivity index (χ3v) is 9.82. The number of fused-ring (bicyclic) bond motifs is 2. The third kappa shape index (κ3) is 7.38. The van der Waals surface area contributed by atoms with Gasteiger partial charge in [0.25, 0.3) is 0 Å². The molecule has 2 aliphatic carbocycles. The third-order valence-electron chi connectivity index (χ3n) is 9.82. The molecule has 13 nitrogen and oxygen atoms in total. The fraction of sp³-hybridized carbons (Fsp3) is 0.500. The Kier molecular flexibility index (Phi) is 9.91. The van der Waals surface area contributed by atoms with E-state index < -0.39 is 82.0 Å². The fourth-order valence-electron chi connectivity index (χ4n) is 7.44. The Balaban J connectivity index is 1.18. The number of benzene rings is 2. The second-order valence-corrected chi connectivity index (χ2v) is 16.0. The van der Waals surface area contributed by atoms with Gasteiger partial charge in [0.05, 0.1) is 12.1 Å². The Labute approximate surface area is 307 Å². The van der Waals surface area contributed by atoms with E-state index in [9.17, 15) is 38.4 Å². The molecular weight excluding hydrogens is 684 g/mol. The molecule has 2 fully saturated rings. The minimum Gasteiger partial charge on any atom is -0.457 e. The highest BCUT2D eigenvalue weighted by Gasteiger charge is 2.50. The van der Waals surface area contributed by atoms with Gasteiger partial charge >= 0.3 is 12.2 Å². The molecule has 2 aliphatic heterocycles. The molecule has 0 saturated carbocycles. The van der Waals surface area contributed by atoms with Gasteiger partial charge in [0, 0.05) is 35.3 Å². The highest BCUT2D eigenvalue weighted by atomic mass is 16.6. The molecule has 2 unspecified atom stereocenters. The average molecular weight is 729 g/mol. The molecule has 2 heterocycles. The molecular formula is C40H44N2O11. The number of carbonyl (C=O) groups is 8. The summed E-state index contributed by atoms with van der Waals surface area (Å²) in [5.74, 6) is -6.98. The summed E-state index contributed by atoms with van der Waals surface area (Å²) in [7, 11) is 0. The van der Waals surface area contributed by atoms with Crippen molar-refractivity contribution in [3.05, 3.63) is 58.7 Å². The lowest BCUT2D eigenvalue weighted by atomic mass is 9.88. The molecule has 2 aromatic carbocycles. The molecule has 2 saturated heterocycles. The smallest absolute Gasteiger partial charge is 0.410 e. The van der Waals surface area contributed by atoms with Crippen molar-refractivity contribution < 1.29 is 52.6 Å². The number of piperidine rings is 2. The zero-order valence-corrected chi connectivity index (χ0v) is 30.8. The van der Waals surface area contributed by atoms with Crippen molar-refractivity contribution in [2.45, 2.75) is 103 Å². The SMILES string of the molecule is CC(C)(C)OC(=O)N1CCCC[C@@H]1C(=O)C1C(=O)c2ccc(Oc3ccc4c(c3)C(=O)C(C(=O)[C@H]3CCCCN3C(=O)OC(C)(C)C)C4=O)cc2C1=O. The van der Waals surface area contributed by atoms with E-state index in [1.807, 2.05) is 0 Å². The predicted octanol–water partition coefficient (Wildman–Crippen LogP) is 6.19. The van der Waals surface area contributed by atoms with E-state index in [-0.39, 0.29) is 46.8 Å². The van der Waals surface area contributed by atoms with Crippen molar-refractivity contribution in [1.29, 1.82) is 0 Å². The van der Waals surface area contributed by atoms with Crippen LogP contribution in [0.5, 0.6) is 11.5 Å². The molecule has 6 rings (SSSR count). The fourth-order valence-corrected chi connectivity index (χ4v) is 7.44. The summed E-state index contributed by atoms with van der Waals surface area (Å²) in [6, 6.07) is 6.40. The summed E-state index contributed by atoms with van der Waals surface area (Å²) < 4.78 is 17.0. The van der Waals surface area contributed by atoms with Gasteiger partial charge in [0.15, 0.2) is 34.7 Å². The number of likely N-dealkylation sites (tertiary alicyclic amines) is 2. The van der Waals surface area contributed by atoms with E-state index in [1.54, 1.807) is 41.5 Å². The molecule has 2 aromatic rings. The van der Waals surface area contributed by atoms with Gasteiger partial charge in [-0.05, 0) is 116 Å². The van der Waals surface area contributed by atoms with Gasteiger partial charge in [-0.3, -0.25) is 38.6 Å². The number of rotatable bonds is 6. The molecule has 280 valence electrons. The topological polar surface area (TPSA) is 171 Å². The first-order valence-corrected chi connectivity index (χ1v) is 18.1. The lowest BCUT2D eigenvalue weighted by molar-refractivity contribution is -0.127. The molecule has 0 aromatic heterocycles. The van der Waals surface area contributed by atoms with Gasteiger partial charge in [-0.2, -0.15) is 0 Å². The molecule has 0 bridgehead atoms. The number of carbonyl (C=O) groups excluding carboxylic acids is 8. The van der Waals surface area contributed by atoms with Crippen LogP contribution in [0.15, 0.2) is 36.4 Å². The van der Waals surface area contributed by atoms with Crippen LogP contribution in [-0.2, 0) is 19.1 Å². The minimum atomic E-state index is -1.61. The van der Waals surface area contributed by atoms with Crippen LogP contribution in [0.2, 0.25) is 0 Å². The molecule has 4 atom stereocenters. The van der Waals surface area contributed by atoms with Crippen LogP contribution in [0.1, 0.15) is 121 Å². The number of ketones is 6. The molecule has 2 amide bonds. The molecule has 0 radical (unpaired) electrons. The zero-order valence-electron chi connectivity index (χ0n) is 30.8. The van der Waals surface area contributed by atoms with E-state index in [0.29, 0.717) is 38.5 Å². The van der Waals surface area contributed by atoms with Crippen LogP contribution < -0.4 is 4.74 Å². The number of Topliss-reactive ketones (excluding diaryl/α,β-unsaturated/α-hetero) is 6. The number of hydrogen-bond donors (Lipinski definition) is 0. The Morgan fingerprint density at radius 3 is 1.26 bits per heavy atom. The van der Waals surface area contributed by atoms with Crippen LogP contribution in [0.3, 0.4) is 0 Å². The van der Waals surface area contributed by atoms with E-state index >= 15 is 0 Å². The lowest BCUT2D eigenvalue weighted by Gasteiger charge is -2.36. The standard InChI is InChI=1S/C40H44N2O11/c1-39(2,3)52-37(49)41-17-9-7-11-27(41)35(47)29-31(43)23-15-13-21(19-25(23)33(29)45)51-22-14-16-24-26(20-22)34(46)30(32(24)44)36(48)28-12-8-10-18-42(28)38(50)53-40(4,5)6/h13-16,19-20,27-30H,7-12,17-18H2,1-6H3/t27-,28-,29?,30?/m1/s1. The van der Waals surface area contributed by atoms with Gasteiger partial charge in [0.1, 0.15) is 34.5 Å². The maximum Gasteiger partial charge on any atom is 0.410 e. The van der Waals surface area contributed by atoms with E-state index in [2.05, 4.69) is 0 Å². The van der Waals surface area contributed by atoms with Gasteiger partial charge in [-0.25, -0.2) is 9.59 Å².